The summed E-state index contributed by atoms with van der Waals surface area (Å²) in [6, 6.07) is 7.99. The summed E-state index contributed by atoms with van der Waals surface area (Å²) in [7, 11) is 0. The molecule has 0 unspecified atom stereocenters. The van der Waals surface area contributed by atoms with E-state index in [1.165, 1.54) is 6.08 Å². The molecular weight excluding hydrogens is 537 g/mol. The molecule has 0 aliphatic heterocycles. The van der Waals surface area contributed by atoms with Gasteiger partial charge in [0.15, 0.2) is 29.1 Å². The van der Waals surface area contributed by atoms with Gasteiger partial charge in [0.1, 0.15) is 11.2 Å². The summed E-state index contributed by atoms with van der Waals surface area (Å²) in [6.45, 7) is 12.6. The van der Waals surface area contributed by atoms with Gasteiger partial charge >= 0.3 is 12.1 Å². The molecule has 0 spiro atoms. The van der Waals surface area contributed by atoms with Crippen molar-refractivity contribution in [2.75, 3.05) is 6.54 Å². The van der Waals surface area contributed by atoms with Crippen LogP contribution in [0.2, 0.25) is 0 Å². The van der Waals surface area contributed by atoms with Crippen molar-refractivity contribution in [3.63, 3.8) is 0 Å². The summed E-state index contributed by atoms with van der Waals surface area (Å²) < 4.78 is 74.7. The van der Waals surface area contributed by atoms with Crippen molar-refractivity contribution in [1.82, 2.24) is 10.2 Å². The number of hydrogen-bond acceptors (Lipinski definition) is 5. The summed E-state index contributed by atoms with van der Waals surface area (Å²) >= 11 is 0. The van der Waals surface area contributed by atoms with Gasteiger partial charge in [-0.2, -0.15) is 0 Å². The van der Waals surface area contributed by atoms with E-state index in [1.807, 2.05) is 13.8 Å². The van der Waals surface area contributed by atoms with Crippen molar-refractivity contribution in [2.24, 2.45) is 11.1 Å². The van der Waals surface area contributed by atoms with E-state index in [4.69, 9.17) is 9.57 Å². The molecule has 2 aromatic rings. The number of ether oxygens (including phenoxy) is 1. The number of carbonyl (C=O) groups excluding carboxylic acids is 2. The average molecular weight is 570 g/mol. The van der Waals surface area contributed by atoms with E-state index in [1.54, 1.807) is 56.0 Å². The van der Waals surface area contributed by atoms with Crippen LogP contribution in [0.15, 0.2) is 48.1 Å². The molecule has 1 amide bonds. The van der Waals surface area contributed by atoms with Gasteiger partial charge in [0, 0.05) is 13.1 Å². The van der Waals surface area contributed by atoms with E-state index in [9.17, 15) is 31.5 Å². The number of rotatable bonds is 10. The third-order valence-corrected chi connectivity index (χ3v) is 5.24. The predicted molar refractivity (Wildman–Crippen MR) is 139 cm³/mol. The molecule has 0 bridgehead atoms. The fourth-order valence-electron chi connectivity index (χ4n) is 3.61. The van der Waals surface area contributed by atoms with Crippen molar-refractivity contribution in [1.29, 1.82) is 0 Å². The largest absolute Gasteiger partial charge is 0.444 e. The first-order valence-electron chi connectivity index (χ1n) is 12.4. The topological polar surface area (TPSA) is 80.2 Å². The number of amides is 1. The smallest absolute Gasteiger partial charge is 0.408 e. The second-order valence-electron chi connectivity index (χ2n) is 10.3. The molecule has 218 valence electrons. The number of carbonyl (C=O) groups is 2. The van der Waals surface area contributed by atoms with Gasteiger partial charge < -0.3 is 19.8 Å². The molecule has 1 N–H and O–H groups in total. The first-order valence-corrected chi connectivity index (χ1v) is 12.4. The van der Waals surface area contributed by atoms with Crippen LogP contribution in [0.3, 0.4) is 0 Å². The van der Waals surface area contributed by atoms with E-state index in [2.05, 4.69) is 17.1 Å². The Balaban J connectivity index is 2.60. The number of oxime groups is 1. The second-order valence-corrected chi connectivity index (χ2v) is 10.3. The minimum Gasteiger partial charge on any atom is -0.444 e. The van der Waals surface area contributed by atoms with Crippen molar-refractivity contribution in [2.45, 2.75) is 59.2 Å². The van der Waals surface area contributed by atoms with Crippen LogP contribution in [-0.4, -0.2) is 41.0 Å². The summed E-state index contributed by atoms with van der Waals surface area (Å²) in [4.78, 5) is 31.6. The van der Waals surface area contributed by atoms with E-state index in [0.717, 1.165) is 5.56 Å². The van der Waals surface area contributed by atoms with Crippen LogP contribution < -0.4 is 5.32 Å². The Morgan fingerprint density at radius 3 is 2.05 bits per heavy atom. The van der Waals surface area contributed by atoms with Gasteiger partial charge in [0.2, 0.25) is 5.82 Å². The zero-order chi connectivity index (χ0) is 30.2. The normalized spacial score (nSPS) is 12.6. The number of amidine groups is 1. The summed E-state index contributed by atoms with van der Waals surface area (Å²) in [5, 5.41) is 6.45. The molecule has 0 aliphatic rings. The molecule has 7 nitrogen and oxygen atoms in total. The quantitative estimate of drug-likeness (QED) is 0.0518. The second kappa shape index (κ2) is 13.9. The Morgan fingerprint density at radius 1 is 1.00 bits per heavy atom. The zero-order valence-electron chi connectivity index (χ0n) is 22.9. The predicted octanol–water partition coefficient (Wildman–Crippen LogP) is 6.48. The Bertz CT molecular complexity index is 1220. The molecule has 0 saturated carbocycles. The number of hydrogen-bond donors (Lipinski definition) is 1. The maximum atomic E-state index is 14.2. The highest BCUT2D eigenvalue weighted by Crippen LogP contribution is 2.24. The minimum absolute atomic E-state index is 0.0571. The molecule has 2 aromatic carbocycles. The number of benzene rings is 2. The van der Waals surface area contributed by atoms with E-state index in [0.29, 0.717) is 0 Å². The van der Waals surface area contributed by atoms with E-state index >= 15 is 0 Å². The van der Waals surface area contributed by atoms with Gasteiger partial charge in [-0.15, -0.1) is 6.58 Å². The SMILES string of the molecule is C=CCN(Cc1ccccc1)/C(=N\OC(=O)c1c(F)c(F)c(F)c(F)c1F)[C@H](CC(C)C)NC(=O)OC(C)(C)C. The number of alkyl carbamates (subject to hydrolysis) is 1. The standard InChI is InChI=1S/C28H32F5N3O4/c1-7-13-36(15-17-11-9-8-10-12-17)25(18(14-16(2)3)34-27(38)39-28(4,5)6)35-40-26(37)19-20(29)22(31)24(33)23(32)21(19)30/h7-12,16,18H,1,13-15H2,2-6H3,(H,34,38)/b35-25-/t18-/m0/s1. The van der Waals surface area contributed by atoms with Gasteiger partial charge in [-0.25, -0.2) is 31.5 Å². The van der Waals surface area contributed by atoms with Crippen LogP contribution in [0, 0.1) is 35.0 Å². The molecule has 0 heterocycles. The number of nitrogens with one attached hydrogen (secondary N) is 1. The maximum Gasteiger partial charge on any atom is 0.408 e. The van der Waals surface area contributed by atoms with Crippen LogP contribution in [0.5, 0.6) is 0 Å². The first kappa shape index (κ1) is 32.3. The maximum absolute atomic E-state index is 14.2. The third kappa shape index (κ3) is 8.78. The molecule has 12 heteroatoms. The fourth-order valence-corrected chi connectivity index (χ4v) is 3.61. The third-order valence-electron chi connectivity index (χ3n) is 5.24. The summed E-state index contributed by atoms with van der Waals surface area (Å²) in [5.41, 5.74) is -1.88. The summed E-state index contributed by atoms with van der Waals surface area (Å²) in [6.07, 6.45) is 0.917. The van der Waals surface area contributed by atoms with Crippen molar-refractivity contribution >= 4 is 17.9 Å². The fraction of sp³-hybridized carbons (Fsp3) is 0.393. The van der Waals surface area contributed by atoms with E-state index in [-0.39, 0.29) is 31.3 Å². The molecule has 0 radical (unpaired) electrons. The van der Waals surface area contributed by atoms with Crippen molar-refractivity contribution in [3.8, 4) is 0 Å². The summed E-state index contributed by atoms with van der Waals surface area (Å²) in [5.74, 6) is -13.8. The lowest BCUT2D eigenvalue weighted by Crippen LogP contribution is -2.50. The lowest BCUT2D eigenvalue weighted by atomic mass is 10.0. The first-order chi connectivity index (χ1) is 18.7. The highest BCUT2D eigenvalue weighted by Gasteiger charge is 2.32. The van der Waals surface area contributed by atoms with Crippen molar-refractivity contribution in [3.05, 3.63) is 83.2 Å². The monoisotopic (exact) mass is 569 g/mol. The lowest BCUT2D eigenvalue weighted by Gasteiger charge is -2.31. The zero-order valence-corrected chi connectivity index (χ0v) is 22.9. The van der Waals surface area contributed by atoms with Crippen LogP contribution in [-0.2, 0) is 16.1 Å². The van der Waals surface area contributed by atoms with Gasteiger partial charge in [-0.3, -0.25) is 0 Å². The van der Waals surface area contributed by atoms with Crippen molar-refractivity contribution < 1.29 is 41.1 Å². The number of nitrogens with zero attached hydrogens (tertiary/aromatic N) is 2. The van der Waals surface area contributed by atoms with Gasteiger partial charge in [-0.05, 0) is 38.7 Å². The molecule has 0 aromatic heterocycles. The Morgan fingerprint density at radius 2 is 1.55 bits per heavy atom. The van der Waals surface area contributed by atoms with Crippen LogP contribution in [0.25, 0.3) is 0 Å². The van der Waals surface area contributed by atoms with Gasteiger partial charge in [0.05, 0.1) is 6.04 Å². The molecule has 0 aliphatic carbocycles. The molecule has 0 saturated heterocycles. The van der Waals surface area contributed by atoms with Crippen LogP contribution in [0.1, 0.15) is 57.0 Å². The lowest BCUT2D eigenvalue weighted by molar-refractivity contribution is 0.0486. The molecule has 40 heavy (non-hydrogen) atoms. The highest BCUT2D eigenvalue weighted by molar-refractivity contribution is 5.93. The molecule has 1 atom stereocenters. The highest BCUT2D eigenvalue weighted by atomic mass is 19.2. The van der Waals surface area contributed by atoms with Gasteiger partial charge in [-0.1, -0.05) is 55.4 Å². The number of halogens is 5. The molecule has 0 fully saturated rings. The Labute approximate surface area is 229 Å². The van der Waals surface area contributed by atoms with Gasteiger partial charge in [0.25, 0.3) is 0 Å². The molecule has 2 rings (SSSR count). The van der Waals surface area contributed by atoms with E-state index < -0.39 is 58.4 Å². The Hall–Kier alpha value is -3.96. The Kier molecular flexibility index (Phi) is 11.2. The van der Waals surface area contributed by atoms with Crippen LogP contribution >= 0.6 is 0 Å². The average Bonchev–Trinajstić information content (AvgIpc) is 2.85. The van der Waals surface area contributed by atoms with Crippen LogP contribution in [0.4, 0.5) is 26.7 Å². The minimum atomic E-state index is -2.42. The molecular formula is C28H32F5N3O4.